The van der Waals surface area contributed by atoms with Crippen molar-refractivity contribution in [3.63, 3.8) is 0 Å². The third-order valence-electron chi connectivity index (χ3n) is 3.07. The van der Waals surface area contributed by atoms with E-state index in [2.05, 4.69) is 49.9 Å². The fourth-order valence-electron chi connectivity index (χ4n) is 2.72. The van der Waals surface area contributed by atoms with Crippen molar-refractivity contribution in [2.45, 2.75) is 53.1 Å². The van der Waals surface area contributed by atoms with E-state index in [9.17, 15) is 4.79 Å². The van der Waals surface area contributed by atoms with Crippen LogP contribution in [0.1, 0.15) is 46.9 Å². The molecule has 2 heterocycles. The van der Waals surface area contributed by atoms with Crippen molar-refractivity contribution in [2.24, 2.45) is 5.41 Å². The zero-order chi connectivity index (χ0) is 15.0. The van der Waals surface area contributed by atoms with Gasteiger partial charge < -0.3 is 10.3 Å². The molecule has 20 heavy (non-hydrogen) atoms. The van der Waals surface area contributed by atoms with E-state index < -0.39 is 0 Å². The summed E-state index contributed by atoms with van der Waals surface area (Å²) < 4.78 is 0.697. The van der Waals surface area contributed by atoms with Crippen molar-refractivity contribution in [2.75, 3.05) is 0 Å². The van der Waals surface area contributed by atoms with Crippen molar-refractivity contribution >= 4 is 21.6 Å². The van der Waals surface area contributed by atoms with Crippen molar-refractivity contribution < 1.29 is 0 Å². The maximum absolute atomic E-state index is 11.9. The lowest BCUT2D eigenvalue weighted by Crippen LogP contribution is -2.42. The highest BCUT2D eigenvalue weighted by Gasteiger charge is 2.25. The first kappa shape index (κ1) is 15.2. The van der Waals surface area contributed by atoms with Crippen LogP contribution in [0.3, 0.4) is 0 Å². The van der Waals surface area contributed by atoms with Crippen LogP contribution in [-0.4, -0.2) is 15.5 Å². The normalized spacial score (nSPS) is 13.1. The summed E-state index contributed by atoms with van der Waals surface area (Å²) in [5.74, 6) is 0.697. The van der Waals surface area contributed by atoms with E-state index in [0.717, 1.165) is 11.9 Å². The van der Waals surface area contributed by atoms with Gasteiger partial charge in [-0.15, -0.1) is 11.3 Å². The monoisotopic (exact) mass is 293 g/mol. The maximum Gasteiger partial charge on any atom is 0.268 e. The van der Waals surface area contributed by atoms with E-state index in [0.29, 0.717) is 17.1 Å². The van der Waals surface area contributed by atoms with E-state index in [1.54, 1.807) is 0 Å². The summed E-state index contributed by atoms with van der Waals surface area (Å²) in [6, 6.07) is 1.89. The van der Waals surface area contributed by atoms with Crippen LogP contribution in [0.5, 0.6) is 0 Å². The number of H-pyrrole nitrogens is 1. The van der Waals surface area contributed by atoms with Crippen LogP contribution in [0.2, 0.25) is 0 Å². The van der Waals surface area contributed by atoms with Crippen LogP contribution in [-0.2, 0) is 6.54 Å². The van der Waals surface area contributed by atoms with Gasteiger partial charge in [-0.3, -0.25) is 4.79 Å². The Labute approximate surface area is 123 Å². The molecule has 0 aliphatic carbocycles. The lowest BCUT2D eigenvalue weighted by atomic mass is 9.82. The Balaban J connectivity index is 2.11. The van der Waals surface area contributed by atoms with E-state index in [1.165, 1.54) is 11.3 Å². The zero-order valence-corrected chi connectivity index (χ0v) is 13.6. The molecular weight excluding hydrogens is 270 g/mol. The van der Waals surface area contributed by atoms with E-state index in [-0.39, 0.29) is 16.5 Å². The maximum atomic E-state index is 11.9. The quantitative estimate of drug-likeness (QED) is 0.909. The number of nitrogens with one attached hydrogen (secondary N) is 2. The van der Waals surface area contributed by atoms with Gasteiger partial charge >= 0.3 is 0 Å². The molecule has 2 aromatic heterocycles. The molecular formula is C15H23N3OS. The molecule has 2 rings (SSSR count). The van der Waals surface area contributed by atoms with Gasteiger partial charge in [0.2, 0.25) is 0 Å². The fourth-order valence-corrected chi connectivity index (χ4v) is 3.44. The van der Waals surface area contributed by atoms with E-state index >= 15 is 0 Å². The minimum absolute atomic E-state index is 0.000418. The Hall–Kier alpha value is -1.20. The Kier molecular flexibility index (Phi) is 4.02. The predicted octanol–water partition coefficient (Wildman–Crippen LogP) is 3.29. The average Bonchev–Trinajstić information content (AvgIpc) is 2.72. The second-order valence-corrected chi connectivity index (χ2v) is 8.04. The highest BCUT2D eigenvalue weighted by molar-refractivity contribution is 7.17. The van der Waals surface area contributed by atoms with Gasteiger partial charge in [0.15, 0.2) is 0 Å². The first-order valence-corrected chi connectivity index (χ1v) is 7.76. The first-order valence-electron chi connectivity index (χ1n) is 6.88. The summed E-state index contributed by atoms with van der Waals surface area (Å²) >= 11 is 1.43. The molecule has 0 amide bonds. The van der Waals surface area contributed by atoms with Crippen molar-refractivity contribution in [1.29, 1.82) is 0 Å². The van der Waals surface area contributed by atoms with Crippen molar-refractivity contribution in [3.8, 4) is 0 Å². The summed E-state index contributed by atoms with van der Waals surface area (Å²) in [5.41, 5.74) is 0.995. The second-order valence-electron chi connectivity index (χ2n) is 7.12. The summed E-state index contributed by atoms with van der Waals surface area (Å²) in [4.78, 5) is 19.2. The molecule has 0 spiro atoms. The molecule has 0 atom stereocenters. The number of hydrogen-bond acceptors (Lipinski definition) is 4. The third kappa shape index (κ3) is 3.90. The number of nitrogens with zero attached hydrogens (tertiary/aromatic N) is 1. The van der Waals surface area contributed by atoms with Gasteiger partial charge in [0.1, 0.15) is 10.5 Å². The van der Waals surface area contributed by atoms with Crippen LogP contribution >= 0.6 is 11.3 Å². The van der Waals surface area contributed by atoms with Gasteiger partial charge in [-0.1, -0.05) is 20.8 Å². The lowest BCUT2D eigenvalue weighted by molar-refractivity contribution is 0.239. The molecule has 0 aromatic carbocycles. The Morgan fingerprint density at radius 3 is 2.65 bits per heavy atom. The number of aromatic nitrogens is 2. The van der Waals surface area contributed by atoms with Crippen LogP contribution in [0.25, 0.3) is 10.2 Å². The molecule has 5 heteroatoms. The van der Waals surface area contributed by atoms with E-state index in [1.807, 2.05) is 11.4 Å². The Morgan fingerprint density at radius 2 is 2.00 bits per heavy atom. The summed E-state index contributed by atoms with van der Waals surface area (Å²) in [7, 11) is 0. The average molecular weight is 293 g/mol. The minimum atomic E-state index is -0.0459. The second kappa shape index (κ2) is 5.30. The van der Waals surface area contributed by atoms with Gasteiger partial charge in [0, 0.05) is 5.54 Å². The van der Waals surface area contributed by atoms with E-state index in [4.69, 9.17) is 0 Å². The Morgan fingerprint density at radius 1 is 1.30 bits per heavy atom. The summed E-state index contributed by atoms with van der Waals surface area (Å²) in [6.07, 6.45) is 1.05. The smallest absolute Gasteiger partial charge is 0.268 e. The lowest BCUT2D eigenvalue weighted by Gasteiger charge is -2.33. The van der Waals surface area contributed by atoms with Gasteiger partial charge in [-0.2, -0.15) is 0 Å². The molecule has 0 saturated carbocycles. The molecule has 110 valence electrons. The van der Waals surface area contributed by atoms with Gasteiger partial charge in [0.25, 0.3) is 5.56 Å². The van der Waals surface area contributed by atoms with Crippen LogP contribution in [0.15, 0.2) is 16.2 Å². The number of aromatic amines is 1. The van der Waals surface area contributed by atoms with Gasteiger partial charge in [-0.05, 0) is 37.1 Å². The molecule has 2 N–H and O–H groups in total. The highest BCUT2D eigenvalue weighted by atomic mass is 32.1. The van der Waals surface area contributed by atoms with Gasteiger partial charge in [-0.25, -0.2) is 4.98 Å². The highest BCUT2D eigenvalue weighted by Crippen LogP contribution is 2.26. The fraction of sp³-hybridized carbons (Fsp3) is 0.600. The topological polar surface area (TPSA) is 57.8 Å². The Bertz CT molecular complexity index is 649. The molecule has 0 radical (unpaired) electrons. The predicted molar refractivity (Wildman–Crippen MR) is 85.2 cm³/mol. The first-order chi connectivity index (χ1) is 9.16. The molecule has 0 saturated heterocycles. The number of thiophene rings is 1. The van der Waals surface area contributed by atoms with Crippen LogP contribution in [0, 0.1) is 5.41 Å². The summed E-state index contributed by atoms with van der Waals surface area (Å²) in [5, 5.41) is 5.38. The van der Waals surface area contributed by atoms with Crippen LogP contribution < -0.4 is 10.9 Å². The summed E-state index contributed by atoms with van der Waals surface area (Å²) in [6.45, 7) is 11.6. The number of fused-ring (bicyclic) bond motifs is 1. The molecule has 0 bridgehead atoms. The minimum Gasteiger partial charge on any atom is -0.308 e. The molecule has 0 aliphatic rings. The molecule has 0 aliphatic heterocycles. The number of hydrogen-bond donors (Lipinski definition) is 2. The zero-order valence-electron chi connectivity index (χ0n) is 12.8. The molecule has 0 unspecified atom stereocenters. The molecule has 4 nitrogen and oxygen atoms in total. The van der Waals surface area contributed by atoms with Crippen LogP contribution in [0.4, 0.5) is 0 Å². The molecule has 2 aromatic rings. The third-order valence-corrected chi connectivity index (χ3v) is 3.97. The largest absolute Gasteiger partial charge is 0.308 e. The SMILES string of the molecule is CC(C)(C)CC(C)(C)NCc1nc2ccsc2c(=O)[nH]1. The van der Waals surface area contributed by atoms with Crippen molar-refractivity contribution in [1.82, 2.24) is 15.3 Å². The standard InChI is InChI=1S/C15H23N3OS/c1-14(2,3)9-15(4,5)16-8-11-17-10-6-7-20-12(10)13(19)18-11/h6-7,16H,8-9H2,1-5H3,(H,17,18,19). The number of rotatable bonds is 4. The van der Waals surface area contributed by atoms with Crippen molar-refractivity contribution in [3.05, 3.63) is 27.6 Å². The molecule has 0 fully saturated rings. The van der Waals surface area contributed by atoms with Gasteiger partial charge in [0.05, 0.1) is 12.1 Å².